The van der Waals surface area contributed by atoms with Crippen molar-refractivity contribution < 1.29 is 23.6 Å². The van der Waals surface area contributed by atoms with Crippen molar-refractivity contribution in [1.82, 2.24) is 9.97 Å². The number of oxazole rings is 1. The van der Waals surface area contributed by atoms with Crippen LogP contribution < -0.4 is 14.8 Å². The average Bonchev–Trinajstić information content (AvgIpc) is 3.23. The first-order valence-corrected chi connectivity index (χ1v) is 9.52. The van der Waals surface area contributed by atoms with Gasteiger partial charge in [0.2, 0.25) is 11.6 Å². The number of ether oxygens (including phenoxy) is 2. The van der Waals surface area contributed by atoms with E-state index in [0.29, 0.717) is 28.4 Å². The number of carbonyl (C=O) groups excluding carboxylic acids is 1. The third kappa shape index (κ3) is 4.33. The third-order valence-electron chi connectivity index (χ3n) is 4.64. The van der Waals surface area contributed by atoms with Crippen LogP contribution in [0.4, 0.5) is 11.4 Å². The number of hydrogen-bond donors (Lipinski definition) is 1. The van der Waals surface area contributed by atoms with E-state index in [1.54, 1.807) is 24.4 Å². The van der Waals surface area contributed by atoms with Crippen LogP contribution >= 0.6 is 0 Å². The highest BCUT2D eigenvalue weighted by molar-refractivity contribution is 5.93. The number of nitro groups is 1. The Bertz CT molecular complexity index is 1280. The topological polar surface area (TPSA) is 130 Å². The second-order valence-electron chi connectivity index (χ2n) is 6.81. The zero-order valence-corrected chi connectivity index (χ0v) is 17.2. The largest absolute Gasteiger partial charge is 0.493 e. The number of hydrogen-bond acceptors (Lipinski definition) is 8. The SMILES string of the molecule is COc1cc([N+](=O)[O-])ccc1OCC(=O)Nc1cc(-c2nc3cccnc3o2)ccc1C. The lowest BCUT2D eigenvalue weighted by Gasteiger charge is -2.12. The van der Waals surface area contributed by atoms with Crippen molar-refractivity contribution in [3.63, 3.8) is 0 Å². The molecular weight excluding hydrogens is 416 g/mol. The Labute approximate surface area is 182 Å². The number of non-ortho nitro benzene ring substituents is 1. The molecule has 2 aromatic heterocycles. The molecule has 0 saturated heterocycles. The van der Waals surface area contributed by atoms with Crippen LogP contribution in [0.3, 0.4) is 0 Å². The Balaban J connectivity index is 1.47. The Hall–Kier alpha value is -4.47. The molecule has 0 aliphatic heterocycles. The normalized spacial score (nSPS) is 10.7. The number of benzene rings is 2. The van der Waals surface area contributed by atoms with Gasteiger partial charge in [0.15, 0.2) is 18.1 Å². The highest BCUT2D eigenvalue weighted by Crippen LogP contribution is 2.31. The molecular formula is C22H18N4O6. The lowest BCUT2D eigenvalue weighted by Crippen LogP contribution is -2.20. The van der Waals surface area contributed by atoms with Gasteiger partial charge in [-0.15, -0.1) is 0 Å². The summed E-state index contributed by atoms with van der Waals surface area (Å²) >= 11 is 0. The van der Waals surface area contributed by atoms with Crippen LogP contribution in [0, 0.1) is 17.0 Å². The molecule has 162 valence electrons. The van der Waals surface area contributed by atoms with E-state index in [2.05, 4.69) is 15.3 Å². The van der Waals surface area contributed by atoms with Crippen molar-refractivity contribution in [1.29, 1.82) is 0 Å². The minimum absolute atomic E-state index is 0.138. The number of nitro benzene ring substituents is 1. The Morgan fingerprint density at radius 3 is 2.78 bits per heavy atom. The van der Waals surface area contributed by atoms with Crippen LogP contribution in [0.5, 0.6) is 11.5 Å². The number of pyridine rings is 1. The van der Waals surface area contributed by atoms with Crippen molar-refractivity contribution in [3.8, 4) is 23.0 Å². The third-order valence-corrected chi connectivity index (χ3v) is 4.64. The first kappa shape index (κ1) is 20.8. The monoisotopic (exact) mass is 434 g/mol. The minimum atomic E-state index is -0.540. The fourth-order valence-corrected chi connectivity index (χ4v) is 3.00. The van der Waals surface area contributed by atoms with E-state index in [-0.39, 0.29) is 23.8 Å². The van der Waals surface area contributed by atoms with Gasteiger partial charge in [-0.25, -0.2) is 9.97 Å². The Morgan fingerprint density at radius 2 is 2.03 bits per heavy atom. The van der Waals surface area contributed by atoms with Crippen LogP contribution in [0.1, 0.15) is 5.56 Å². The standard InChI is InChI=1S/C22H18N4O6/c1-13-5-6-14(21-25-16-4-3-9-23-22(16)32-21)10-17(13)24-20(27)12-31-18-8-7-15(26(28)29)11-19(18)30-2/h3-11H,12H2,1-2H3,(H,24,27). The van der Waals surface area contributed by atoms with E-state index in [1.165, 1.54) is 25.3 Å². The average molecular weight is 434 g/mol. The Kier molecular flexibility index (Phi) is 5.67. The molecule has 0 saturated carbocycles. The zero-order chi connectivity index (χ0) is 22.7. The van der Waals surface area contributed by atoms with Gasteiger partial charge in [-0.3, -0.25) is 14.9 Å². The van der Waals surface area contributed by atoms with Crippen molar-refractivity contribution in [3.05, 3.63) is 70.4 Å². The summed E-state index contributed by atoms with van der Waals surface area (Å²) in [7, 11) is 1.36. The van der Waals surface area contributed by atoms with Crippen LogP contribution in [-0.4, -0.2) is 34.5 Å². The number of methoxy groups -OCH3 is 1. The lowest BCUT2D eigenvalue weighted by molar-refractivity contribution is -0.384. The fraction of sp³-hybridized carbons (Fsp3) is 0.136. The number of nitrogens with zero attached hydrogens (tertiary/aromatic N) is 3. The van der Waals surface area contributed by atoms with E-state index in [9.17, 15) is 14.9 Å². The van der Waals surface area contributed by atoms with Gasteiger partial charge in [-0.05, 0) is 42.8 Å². The molecule has 0 fully saturated rings. The number of aryl methyl sites for hydroxylation is 1. The summed E-state index contributed by atoms with van der Waals surface area (Å²) in [6.07, 6.45) is 1.62. The first-order valence-electron chi connectivity index (χ1n) is 9.52. The van der Waals surface area contributed by atoms with Gasteiger partial charge in [0, 0.05) is 23.5 Å². The smallest absolute Gasteiger partial charge is 0.273 e. The van der Waals surface area contributed by atoms with Crippen molar-refractivity contribution in [2.45, 2.75) is 6.92 Å². The van der Waals surface area contributed by atoms with Gasteiger partial charge in [0.05, 0.1) is 18.1 Å². The second kappa shape index (κ2) is 8.72. The molecule has 4 aromatic rings. The van der Waals surface area contributed by atoms with Crippen molar-refractivity contribution in [2.75, 3.05) is 19.0 Å². The molecule has 1 N–H and O–H groups in total. The molecule has 10 heteroatoms. The van der Waals surface area contributed by atoms with Crippen molar-refractivity contribution >= 4 is 28.5 Å². The number of carbonyl (C=O) groups is 1. The maximum absolute atomic E-state index is 12.5. The summed E-state index contributed by atoms with van der Waals surface area (Å²) in [6, 6.07) is 12.9. The lowest BCUT2D eigenvalue weighted by atomic mass is 10.1. The molecule has 0 aliphatic rings. The molecule has 0 bridgehead atoms. The molecule has 0 spiro atoms. The van der Waals surface area contributed by atoms with Crippen LogP contribution in [0.2, 0.25) is 0 Å². The summed E-state index contributed by atoms with van der Waals surface area (Å²) < 4.78 is 16.3. The molecule has 32 heavy (non-hydrogen) atoms. The first-order chi connectivity index (χ1) is 15.4. The number of rotatable bonds is 7. The number of anilines is 1. The number of fused-ring (bicyclic) bond motifs is 1. The molecule has 10 nitrogen and oxygen atoms in total. The summed E-state index contributed by atoms with van der Waals surface area (Å²) in [5.74, 6) is 0.360. The predicted molar refractivity (Wildman–Crippen MR) is 116 cm³/mol. The maximum atomic E-state index is 12.5. The summed E-state index contributed by atoms with van der Waals surface area (Å²) in [5.41, 5.74) is 3.02. The van der Waals surface area contributed by atoms with Crippen LogP contribution in [0.25, 0.3) is 22.7 Å². The van der Waals surface area contributed by atoms with E-state index in [4.69, 9.17) is 13.9 Å². The molecule has 2 aromatic carbocycles. The molecule has 0 aliphatic carbocycles. The van der Waals surface area contributed by atoms with Gasteiger partial charge in [-0.1, -0.05) is 6.07 Å². The maximum Gasteiger partial charge on any atom is 0.273 e. The predicted octanol–water partition coefficient (Wildman–Crippen LogP) is 4.13. The van der Waals surface area contributed by atoms with Gasteiger partial charge < -0.3 is 19.2 Å². The molecule has 0 unspecified atom stereocenters. The van der Waals surface area contributed by atoms with E-state index >= 15 is 0 Å². The molecule has 1 amide bonds. The summed E-state index contributed by atoms with van der Waals surface area (Å²) in [5, 5.41) is 13.7. The molecule has 0 radical (unpaired) electrons. The minimum Gasteiger partial charge on any atom is -0.493 e. The summed E-state index contributed by atoms with van der Waals surface area (Å²) in [4.78, 5) is 31.4. The highest BCUT2D eigenvalue weighted by atomic mass is 16.6. The fourth-order valence-electron chi connectivity index (χ4n) is 3.00. The van der Waals surface area contributed by atoms with Crippen LogP contribution in [-0.2, 0) is 4.79 Å². The van der Waals surface area contributed by atoms with E-state index in [1.807, 2.05) is 19.1 Å². The molecule has 0 atom stereocenters. The van der Waals surface area contributed by atoms with Crippen LogP contribution in [0.15, 0.2) is 59.1 Å². The number of nitrogens with one attached hydrogen (secondary N) is 1. The zero-order valence-electron chi connectivity index (χ0n) is 17.2. The van der Waals surface area contributed by atoms with Gasteiger partial charge in [0.1, 0.15) is 5.52 Å². The Morgan fingerprint density at radius 1 is 1.19 bits per heavy atom. The molecule has 2 heterocycles. The van der Waals surface area contributed by atoms with E-state index < -0.39 is 10.8 Å². The number of amides is 1. The van der Waals surface area contributed by atoms with Gasteiger partial charge in [-0.2, -0.15) is 0 Å². The molecule has 4 rings (SSSR count). The van der Waals surface area contributed by atoms with Gasteiger partial charge >= 0.3 is 0 Å². The quantitative estimate of drug-likeness (QED) is 0.339. The van der Waals surface area contributed by atoms with Gasteiger partial charge in [0.25, 0.3) is 11.6 Å². The number of aromatic nitrogens is 2. The summed E-state index contributed by atoms with van der Waals surface area (Å²) in [6.45, 7) is 1.54. The highest BCUT2D eigenvalue weighted by Gasteiger charge is 2.15. The second-order valence-corrected chi connectivity index (χ2v) is 6.81. The van der Waals surface area contributed by atoms with E-state index in [0.717, 1.165) is 5.56 Å². The van der Waals surface area contributed by atoms with Crippen molar-refractivity contribution in [2.24, 2.45) is 0 Å².